The van der Waals surface area contributed by atoms with E-state index in [0.717, 1.165) is 25.7 Å². The molecule has 0 bridgehead atoms. The number of rotatable bonds is 10. The van der Waals surface area contributed by atoms with Crippen LogP contribution in [0.1, 0.15) is 44.6 Å². The number of nitrogens with zero attached hydrogens (tertiary/aromatic N) is 1. The average Bonchev–Trinajstić information content (AvgIpc) is 3.32. The quantitative estimate of drug-likeness (QED) is 0.491. The van der Waals surface area contributed by atoms with Gasteiger partial charge in [-0.1, -0.05) is 49.0 Å². The van der Waals surface area contributed by atoms with E-state index in [-0.39, 0.29) is 31.0 Å². The lowest BCUT2D eigenvalue weighted by atomic mass is 10.1. The van der Waals surface area contributed by atoms with Crippen molar-refractivity contribution in [2.45, 2.75) is 57.7 Å². The summed E-state index contributed by atoms with van der Waals surface area (Å²) in [6.07, 6.45) is 4.60. The van der Waals surface area contributed by atoms with E-state index in [0.29, 0.717) is 33.5 Å². The van der Waals surface area contributed by atoms with Crippen LogP contribution < -0.4 is 14.8 Å². The van der Waals surface area contributed by atoms with Gasteiger partial charge in [0.25, 0.3) is 5.91 Å². The zero-order valence-corrected chi connectivity index (χ0v) is 20.5. The highest BCUT2D eigenvalue weighted by Crippen LogP contribution is 2.27. The fraction of sp³-hybridized carbons (Fsp3) is 0.440. The van der Waals surface area contributed by atoms with Crippen LogP contribution >= 0.6 is 23.2 Å². The van der Waals surface area contributed by atoms with Crippen LogP contribution in [-0.2, 0) is 16.1 Å². The van der Waals surface area contributed by atoms with Crippen LogP contribution in [0.2, 0.25) is 10.0 Å². The summed E-state index contributed by atoms with van der Waals surface area (Å²) in [6, 6.07) is 11.6. The molecule has 1 aliphatic rings. The Labute approximate surface area is 205 Å². The van der Waals surface area contributed by atoms with Crippen molar-refractivity contribution in [2.24, 2.45) is 0 Å². The first-order chi connectivity index (χ1) is 15.9. The molecule has 1 saturated carbocycles. The third-order valence-corrected chi connectivity index (χ3v) is 6.61. The lowest BCUT2D eigenvalue weighted by molar-refractivity contribution is -0.143. The predicted molar refractivity (Wildman–Crippen MR) is 130 cm³/mol. The van der Waals surface area contributed by atoms with Crippen molar-refractivity contribution < 1.29 is 19.1 Å². The number of amides is 2. The highest BCUT2D eigenvalue weighted by molar-refractivity contribution is 6.36. The van der Waals surface area contributed by atoms with Crippen LogP contribution in [0.15, 0.2) is 42.5 Å². The molecule has 178 valence electrons. The predicted octanol–water partition coefficient (Wildman–Crippen LogP) is 5.25. The van der Waals surface area contributed by atoms with Gasteiger partial charge in [-0.25, -0.2) is 0 Å². The van der Waals surface area contributed by atoms with E-state index in [9.17, 15) is 9.59 Å². The average molecular weight is 493 g/mol. The normalized spacial score (nSPS) is 14.5. The summed E-state index contributed by atoms with van der Waals surface area (Å²) in [5.74, 6) is 0.738. The molecule has 2 aromatic rings. The number of carbonyl (C=O) groups excluding carboxylic acids is 2. The molecular weight excluding hydrogens is 463 g/mol. The minimum atomic E-state index is -0.662. The molecule has 0 unspecified atom stereocenters. The topological polar surface area (TPSA) is 67.9 Å². The van der Waals surface area contributed by atoms with Crippen molar-refractivity contribution in [2.75, 3.05) is 13.7 Å². The molecule has 1 atom stereocenters. The maximum atomic E-state index is 13.3. The Balaban J connectivity index is 1.79. The summed E-state index contributed by atoms with van der Waals surface area (Å²) in [5, 5.41) is 4.01. The number of hydrogen-bond acceptors (Lipinski definition) is 4. The molecule has 6 nitrogen and oxygen atoms in total. The van der Waals surface area contributed by atoms with Crippen molar-refractivity contribution in [3.05, 3.63) is 58.1 Å². The molecule has 1 fully saturated rings. The summed E-state index contributed by atoms with van der Waals surface area (Å²) in [5.41, 5.74) is 0.603. The summed E-state index contributed by atoms with van der Waals surface area (Å²) in [4.78, 5) is 28.0. The fourth-order valence-corrected chi connectivity index (χ4v) is 4.56. The van der Waals surface area contributed by atoms with Gasteiger partial charge in [-0.15, -0.1) is 0 Å². The minimum absolute atomic E-state index is 0.111. The zero-order valence-electron chi connectivity index (χ0n) is 19.0. The van der Waals surface area contributed by atoms with E-state index in [1.165, 1.54) is 4.90 Å². The van der Waals surface area contributed by atoms with Gasteiger partial charge in [-0.05, 0) is 55.7 Å². The molecule has 8 heteroatoms. The van der Waals surface area contributed by atoms with E-state index < -0.39 is 6.04 Å². The third-order valence-electron chi connectivity index (χ3n) is 5.90. The lowest BCUT2D eigenvalue weighted by Gasteiger charge is -2.32. The second-order valence-electron chi connectivity index (χ2n) is 8.10. The summed E-state index contributed by atoms with van der Waals surface area (Å²) < 4.78 is 10.9. The van der Waals surface area contributed by atoms with Crippen LogP contribution in [0, 0.1) is 0 Å². The molecule has 1 N–H and O–H groups in total. The SMILES string of the molecule is CC[C@@H](C(=O)NC1CCCC1)N(Cc1c(Cl)cccc1Cl)C(=O)COc1ccc(OC)cc1. The van der Waals surface area contributed by atoms with Gasteiger partial charge in [-0.2, -0.15) is 0 Å². The summed E-state index contributed by atoms with van der Waals surface area (Å²) >= 11 is 12.8. The second kappa shape index (κ2) is 12.1. The van der Waals surface area contributed by atoms with E-state index in [4.69, 9.17) is 32.7 Å². The number of nitrogens with one attached hydrogen (secondary N) is 1. The number of carbonyl (C=O) groups is 2. The molecule has 0 aromatic heterocycles. The fourth-order valence-electron chi connectivity index (χ4n) is 4.04. The van der Waals surface area contributed by atoms with Crippen molar-refractivity contribution >= 4 is 35.0 Å². The van der Waals surface area contributed by atoms with E-state index in [1.54, 1.807) is 49.6 Å². The van der Waals surface area contributed by atoms with Crippen molar-refractivity contribution in [1.82, 2.24) is 10.2 Å². The smallest absolute Gasteiger partial charge is 0.261 e. The molecule has 0 radical (unpaired) electrons. The first-order valence-corrected chi connectivity index (χ1v) is 12.0. The Kier molecular flexibility index (Phi) is 9.27. The van der Waals surface area contributed by atoms with Gasteiger partial charge in [0.2, 0.25) is 5.91 Å². The molecule has 2 amide bonds. The molecule has 3 rings (SSSR count). The van der Waals surface area contributed by atoms with Crippen LogP contribution in [0.25, 0.3) is 0 Å². The maximum absolute atomic E-state index is 13.3. The monoisotopic (exact) mass is 492 g/mol. The van der Waals surface area contributed by atoms with E-state index in [2.05, 4.69) is 5.32 Å². The summed E-state index contributed by atoms with van der Waals surface area (Å²) in [6.45, 7) is 1.78. The lowest BCUT2D eigenvalue weighted by Crippen LogP contribution is -2.52. The summed E-state index contributed by atoms with van der Waals surface area (Å²) in [7, 11) is 1.58. The Morgan fingerprint density at radius 1 is 1.06 bits per heavy atom. The Bertz CT molecular complexity index is 926. The highest BCUT2D eigenvalue weighted by atomic mass is 35.5. The number of methoxy groups -OCH3 is 1. The van der Waals surface area contributed by atoms with Crippen LogP contribution in [0.5, 0.6) is 11.5 Å². The molecule has 0 heterocycles. The zero-order chi connectivity index (χ0) is 23.8. The van der Waals surface area contributed by atoms with Crippen LogP contribution in [0.4, 0.5) is 0 Å². The van der Waals surface area contributed by atoms with Crippen LogP contribution in [-0.4, -0.2) is 42.5 Å². The largest absolute Gasteiger partial charge is 0.497 e. The van der Waals surface area contributed by atoms with Gasteiger partial charge in [0.05, 0.1) is 7.11 Å². The number of benzene rings is 2. The Hall–Kier alpha value is -2.44. The molecular formula is C25H30Cl2N2O4. The van der Waals surface area contributed by atoms with Crippen molar-refractivity contribution in [1.29, 1.82) is 0 Å². The van der Waals surface area contributed by atoms with E-state index in [1.807, 2.05) is 6.92 Å². The molecule has 1 aliphatic carbocycles. The van der Waals surface area contributed by atoms with Gasteiger partial charge < -0.3 is 19.7 Å². The Morgan fingerprint density at radius 3 is 2.24 bits per heavy atom. The maximum Gasteiger partial charge on any atom is 0.261 e. The molecule has 0 saturated heterocycles. The van der Waals surface area contributed by atoms with Gasteiger partial charge >= 0.3 is 0 Å². The molecule has 0 spiro atoms. The van der Waals surface area contributed by atoms with Gasteiger partial charge in [-0.3, -0.25) is 9.59 Å². The molecule has 0 aliphatic heterocycles. The number of halogens is 2. The van der Waals surface area contributed by atoms with Crippen molar-refractivity contribution in [3.8, 4) is 11.5 Å². The minimum Gasteiger partial charge on any atom is -0.497 e. The van der Waals surface area contributed by atoms with Crippen LogP contribution in [0.3, 0.4) is 0 Å². The Morgan fingerprint density at radius 2 is 1.67 bits per heavy atom. The second-order valence-corrected chi connectivity index (χ2v) is 8.91. The number of ether oxygens (including phenoxy) is 2. The third kappa shape index (κ3) is 6.78. The van der Waals surface area contributed by atoms with Crippen molar-refractivity contribution in [3.63, 3.8) is 0 Å². The molecule has 2 aromatic carbocycles. The standard InChI is InChI=1S/C25H30Cl2N2O4/c1-3-23(25(31)28-17-7-4-5-8-17)29(15-20-21(26)9-6-10-22(20)27)24(30)16-33-19-13-11-18(32-2)12-14-19/h6,9-14,17,23H,3-5,7-8,15-16H2,1-2H3,(H,28,31)/t23-/m0/s1. The first-order valence-electron chi connectivity index (χ1n) is 11.2. The number of hydrogen-bond donors (Lipinski definition) is 1. The van der Waals surface area contributed by atoms with E-state index >= 15 is 0 Å². The van der Waals surface area contributed by atoms with Gasteiger partial charge in [0, 0.05) is 28.2 Å². The van der Waals surface area contributed by atoms with Gasteiger partial charge in [0.1, 0.15) is 17.5 Å². The molecule has 33 heavy (non-hydrogen) atoms. The first kappa shape index (κ1) is 25.2. The highest BCUT2D eigenvalue weighted by Gasteiger charge is 2.31. The van der Waals surface area contributed by atoms with Gasteiger partial charge in [0.15, 0.2) is 6.61 Å².